The molecule has 0 aromatic heterocycles. The van der Waals surface area contributed by atoms with Crippen molar-refractivity contribution in [2.75, 3.05) is 46.8 Å². The van der Waals surface area contributed by atoms with E-state index in [9.17, 15) is 4.79 Å². The molecule has 0 aliphatic heterocycles. The van der Waals surface area contributed by atoms with Gasteiger partial charge in [-0.05, 0) is 33.6 Å². The minimum absolute atomic E-state index is 0.0558. The van der Waals surface area contributed by atoms with Crippen molar-refractivity contribution in [3.63, 3.8) is 0 Å². The monoisotopic (exact) mass is 203 g/mol. The van der Waals surface area contributed by atoms with Gasteiger partial charge in [-0.1, -0.05) is 0 Å². The highest BCUT2D eigenvalue weighted by Gasteiger charge is 1.98. The third kappa shape index (κ3) is 9.44. The molecule has 5 heteroatoms. The third-order valence-electron chi connectivity index (χ3n) is 1.91. The average molecular weight is 203 g/mol. The molecule has 0 fully saturated rings. The smallest absolute Gasteiger partial charge is 0.317 e. The number of nitrogens with zero attached hydrogens (tertiary/aromatic N) is 1. The van der Waals surface area contributed by atoms with E-state index < -0.39 is 5.97 Å². The molecule has 0 rings (SSSR count). The molecule has 0 saturated carbocycles. The molecule has 3 N–H and O–H groups in total. The Morgan fingerprint density at radius 3 is 2.64 bits per heavy atom. The molecule has 0 aromatic carbocycles. The molecule has 0 unspecified atom stereocenters. The number of likely N-dealkylation sites (N-methyl/N-ethyl adjacent to an activating group) is 2. The first kappa shape index (κ1) is 13.4. The van der Waals surface area contributed by atoms with E-state index >= 15 is 0 Å². The number of carboxylic acid groups (broad SMARTS) is 1. The van der Waals surface area contributed by atoms with Crippen molar-refractivity contribution in [2.24, 2.45) is 0 Å². The van der Waals surface area contributed by atoms with Crippen LogP contribution in [0.25, 0.3) is 0 Å². The highest BCUT2D eigenvalue weighted by molar-refractivity contribution is 5.68. The highest BCUT2D eigenvalue weighted by atomic mass is 16.4. The number of carboxylic acids is 1. The molecule has 0 aliphatic carbocycles. The second kappa shape index (κ2) is 8.93. The first-order valence-electron chi connectivity index (χ1n) is 4.92. The molecule has 5 nitrogen and oxygen atoms in total. The molecule has 84 valence electrons. The third-order valence-corrected chi connectivity index (χ3v) is 1.91. The van der Waals surface area contributed by atoms with Gasteiger partial charge < -0.3 is 20.6 Å². The zero-order valence-electron chi connectivity index (χ0n) is 9.05. The maximum atomic E-state index is 10.2. The van der Waals surface area contributed by atoms with Crippen LogP contribution >= 0.6 is 0 Å². The van der Waals surface area contributed by atoms with Crippen LogP contribution in [0, 0.1) is 0 Å². The fraction of sp³-hybridized carbons (Fsp3) is 0.889. The van der Waals surface area contributed by atoms with E-state index in [2.05, 4.69) is 22.6 Å². The standard InChI is InChI=1S/C9H21N3O2/c1-10-5-7-12(2)6-3-4-11-8-9(13)14/h10-11H,3-8H2,1-2H3,(H,13,14). The largest absolute Gasteiger partial charge is 0.480 e. The lowest BCUT2D eigenvalue weighted by molar-refractivity contribution is -0.135. The zero-order chi connectivity index (χ0) is 10.8. The molecule has 0 radical (unpaired) electrons. The minimum Gasteiger partial charge on any atom is -0.480 e. The summed E-state index contributed by atoms with van der Waals surface area (Å²) in [4.78, 5) is 12.4. The highest BCUT2D eigenvalue weighted by Crippen LogP contribution is 1.84. The Balaban J connectivity index is 3.14. The summed E-state index contributed by atoms with van der Waals surface area (Å²) in [6.45, 7) is 3.82. The van der Waals surface area contributed by atoms with Crippen molar-refractivity contribution in [1.82, 2.24) is 15.5 Å². The Morgan fingerprint density at radius 1 is 1.36 bits per heavy atom. The molecular formula is C9H21N3O2. The van der Waals surface area contributed by atoms with Crippen LogP contribution in [0.5, 0.6) is 0 Å². The van der Waals surface area contributed by atoms with Gasteiger partial charge in [0.05, 0.1) is 6.54 Å². The Morgan fingerprint density at radius 2 is 2.07 bits per heavy atom. The summed E-state index contributed by atoms with van der Waals surface area (Å²) in [7, 11) is 4.00. The molecular weight excluding hydrogens is 182 g/mol. The Kier molecular flexibility index (Phi) is 8.51. The number of hydrogen-bond acceptors (Lipinski definition) is 4. The second-order valence-electron chi connectivity index (χ2n) is 3.33. The van der Waals surface area contributed by atoms with Crippen molar-refractivity contribution in [3.05, 3.63) is 0 Å². The molecule has 0 spiro atoms. The summed E-state index contributed by atoms with van der Waals surface area (Å²) in [5.74, 6) is -0.798. The molecule has 0 amide bonds. The number of hydrogen-bond donors (Lipinski definition) is 3. The Labute approximate surface area is 85.5 Å². The normalized spacial score (nSPS) is 10.8. The molecule has 0 atom stereocenters. The first-order chi connectivity index (χ1) is 6.66. The molecule has 0 aromatic rings. The summed E-state index contributed by atoms with van der Waals surface area (Å²) in [5, 5.41) is 14.3. The molecule has 0 bridgehead atoms. The van der Waals surface area contributed by atoms with Crippen LogP contribution in [0.15, 0.2) is 0 Å². The van der Waals surface area contributed by atoms with Crippen molar-refractivity contribution in [2.45, 2.75) is 6.42 Å². The maximum absolute atomic E-state index is 10.2. The molecule has 0 heterocycles. The van der Waals surface area contributed by atoms with E-state index in [-0.39, 0.29) is 6.54 Å². The Hall–Kier alpha value is -0.650. The van der Waals surface area contributed by atoms with Crippen LogP contribution in [0.3, 0.4) is 0 Å². The van der Waals surface area contributed by atoms with Gasteiger partial charge in [-0.15, -0.1) is 0 Å². The van der Waals surface area contributed by atoms with Crippen molar-refractivity contribution < 1.29 is 9.90 Å². The number of aliphatic carboxylic acids is 1. The maximum Gasteiger partial charge on any atom is 0.317 e. The fourth-order valence-electron chi connectivity index (χ4n) is 1.08. The van der Waals surface area contributed by atoms with E-state index in [0.29, 0.717) is 0 Å². The van der Waals surface area contributed by atoms with E-state index in [1.165, 1.54) is 0 Å². The van der Waals surface area contributed by atoms with Crippen LogP contribution in [0.1, 0.15) is 6.42 Å². The lowest BCUT2D eigenvalue weighted by Gasteiger charge is -2.15. The van der Waals surface area contributed by atoms with Gasteiger partial charge in [0.15, 0.2) is 0 Å². The minimum atomic E-state index is -0.798. The molecule has 0 aliphatic rings. The van der Waals surface area contributed by atoms with Crippen LogP contribution in [0.4, 0.5) is 0 Å². The quantitative estimate of drug-likeness (QED) is 0.428. The summed E-state index contributed by atoms with van der Waals surface area (Å²) in [5.41, 5.74) is 0. The van der Waals surface area contributed by atoms with Crippen molar-refractivity contribution in [1.29, 1.82) is 0 Å². The van der Waals surface area contributed by atoms with E-state index in [1.54, 1.807) is 0 Å². The summed E-state index contributed by atoms with van der Waals surface area (Å²) < 4.78 is 0. The Bertz CT molecular complexity index is 153. The van der Waals surface area contributed by atoms with Crippen molar-refractivity contribution >= 4 is 5.97 Å². The van der Waals surface area contributed by atoms with Gasteiger partial charge in [-0.2, -0.15) is 0 Å². The van der Waals surface area contributed by atoms with Gasteiger partial charge in [-0.3, -0.25) is 4.79 Å². The van der Waals surface area contributed by atoms with Crippen LogP contribution in [-0.2, 0) is 4.79 Å². The van der Waals surface area contributed by atoms with Gasteiger partial charge in [0, 0.05) is 13.1 Å². The van der Waals surface area contributed by atoms with Crippen LogP contribution < -0.4 is 10.6 Å². The van der Waals surface area contributed by atoms with Gasteiger partial charge in [0.25, 0.3) is 0 Å². The SMILES string of the molecule is CNCCN(C)CCCNCC(=O)O. The second-order valence-corrected chi connectivity index (χ2v) is 3.33. The summed E-state index contributed by atoms with van der Waals surface area (Å²) in [6, 6.07) is 0. The average Bonchev–Trinajstić information content (AvgIpc) is 2.13. The van der Waals surface area contributed by atoms with Gasteiger partial charge in [-0.25, -0.2) is 0 Å². The number of rotatable bonds is 9. The van der Waals surface area contributed by atoms with E-state index in [1.807, 2.05) is 7.05 Å². The van der Waals surface area contributed by atoms with Crippen LogP contribution in [0.2, 0.25) is 0 Å². The predicted molar refractivity (Wildman–Crippen MR) is 56.5 cm³/mol. The van der Waals surface area contributed by atoms with Crippen LogP contribution in [-0.4, -0.2) is 62.8 Å². The summed E-state index contributed by atoms with van der Waals surface area (Å²) in [6.07, 6.45) is 0.980. The summed E-state index contributed by atoms with van der Waals surface area (Å²) >= 11 is 0. The zero-order valence-corrected chi connectivity index (χ0v) is 9.05. The van der Waals surface area contributed by atoms with Gasteiger partial charge in [0.1, 0.15) is 0 Å². The number of nitrogens with one attached hydrogen (secondary N) is 2. The van der Waals surface area contributed by atoms with E-state index in [4.69, 9.17) is 5.11 Å². The van der Waals surface area contributed by atoms with Gasteiger partial charge >= 0.3 is 5.97 Å². The van der Waals surface area contributed by atoms with Crippen molar-refractivity contribution in [3.8, 4) is 0 Å². The molecule has 14 heavy (non-hydrogen) atoms. The lowest BCUT2D eigenvalue weighted by atomic mass is 10.4. The van der Waals surface area contributed by atoms with Gasteiger partial charge in [0.2, 0.25) is 0 Å². The first-order valence-corrected chi connectivity index (χ1v) is 4.92. The fourth-order valence-corrected chi connectivity index (χ4v) is 1.08. The topological polar surface area (TPSA) is 64.6 Å². The molecule has 0 saturated heterocycles. The lowest BCUT2D eigenvalue weighted by Crippen LogP contribution is -2.31. The van der Waals surface area contributed by atoms with E-state index in [0.717, 1.165) is 32.6 Å². The number of carbonyl (C=O) groups is 1. The predicted octanol–water partition coefficient (Wildman–Crippen LogP) is -0.798.